The summed E-state index contributed by atoms with van der Waals surface area (Å²) in [6.07, 6.45) is 3.21. The van der Waals surface area contributed by atoms with Crippen molar-refractivity contribution >= 4 is 17.5 Å². The van der Waals surface area contributed by atoms with Crippen LogP contribution in [0.2, 0.25) is 5.02 Å². The van der Waals surface area contributed by atoms with Gasteiger partial charge in [0.1, 0.15) is 0 Å². The number of hydrogen-bond acceptors (Lipinski definition) is 1. The summed E-state index contributed by atoms with van der Waals surface area (Å²) < 4.78 is 0. The Bertz CT molecular complexity index is 706. The summed E-state index contributed by atoms with van der Waals surface area (Å²) in [7, 11) is 0. The first kappa shape index (κ1) is 16.1. The van der Waals surface area contributed by atoms with Crippen molar-refractivity contribution in [2.24, 2.45) is 0 Å². The number of nitrogens with one attached hydrogen (secondary N) is 1. The molecule has 120 valence electrons. The van der Waals surface area contributed by atoms with E-state index in [0.717, 1.165) is 24.8 Å². The van der Waals surface area contributed by atoms with E-state index >= 15 is 0 Å². The van der Waals surface area contributed by atoms with Gasteiger partial charge in [0.05, 0.1) is 11.5 Å². The fourth-order valence-electron chi connectivity index (χ4n) is 3.24. The molecule has 1 atom stereocenters. The molecule has 1 N–H and O–H groups in total. The molecule has 1 aliphatic rings. The van der Waals surface area contributed by atoms with Gasteiger partial charge in [-0.05, 0) is 61.9 Å². The number of fused-ring (bicyclic) bond motifs is 1. The number of carbonyl (C=O) groups is 1. The van der Waals surface area contributed by atoms with Crippen molar-refractivity contribution in [3.8, 4) is 0 Å². The molecule has 3 heteroatoms. The van der Waals surface area contributed by atoms with Crippen molar-refractivity contribution < 1.29 is 4.79 Å². The first-order chi connectivity index (χ1) is 11.0. The second kappa shape index (κ2) is 6.37. The Morgan fingerprint density at radius 1 is 1.13 bits per heavy atom. The number of amides is 1. The zero-order chi connectivity index (χ0) is 16.4. The summed E-state index contributed by atoms with van der Waals surface area (Å²) in [5.41, 5.74) is 3.01. The van der Waals surface area contributed by atoms with Crippen LogP contribution in [0.1, 0.15) is 49.4 Å². The molecule has 2 nitrogen and oxygen atoms in total. The molecule has 0 spiro atoms. The van der Waals surface area contributed by atoms with Gasteiger partial charge in [0.2, 0.25) is 5.91 Å². The molecule has 23 heavy (non-hydrogen) atoms. The van der Waals surface area contributed by atoms with Gasteiger partial charge < -0.3 is 5.32 Å². The van der Waals surface area contributed by atoms with Gasteiger partial charge in [0, 0.05) is 5.02 Å². The highest BCUT2D eigenvalue weighted by molar-refractivity contribution is 6.30. The monoisotopic (exact) mass is 327 g/mol. The summed E-state index contributed by atoms with van der Waals surface area (Å²) in [4.78, 5) is 12.9. The smallest absolute Gasteiger partial charge is 0.230 e. The first-order valence-electron chi connectivity index (χ1n) is 8.13. The maximum Gasteiger partial charge on any atom is 0.230 e. The van der Waals surface area contributed by atoms with Crippen molar-refractivity contribution in [2.45, 2.75) is 44.6 Å². The lowest BCUT2D eigenvalue weighted by molar-refractivity contribution is -0.126. The van der Waals surface area contributed by atoms with E-state index in [0.29, 0.717) is 5.02 Å². The number of carbonyl (C=O) groups excluding carboxylic acids is 1. The molecule has 3 rings (SSSR count). The number of hydrogen-bond donors (Lipinski definition) is 1. The number of halogens is 1. The third-order valence-electron chi connectivity index (χ3n) is 4.81. The van der Waals surface area contributed by atoms with Gasteiger partial charge in [-0.1, -0.05) is 48.0 Å². The highest BCUT2D eigenvalue weighted by Gasteiger charge is 2.32. The molecule has 0 fully saturated rings. The van der Waals surface area contributed by atoms with Crippen LogP contribution in [0.5, 0.6) is 0 Å². The normalized spacial score (nSPS) is 17.4. The van der Waals surface area contributed by atoms with Crippen LogP contribution >= 0.6 is 11.6 Å². The Balaban J connectivity index is 1.80. The van der Waals surface area contributed by atoms with Crippen molar-refractivity contribution in [2.75, 3.05) is 0 Å². The summed E-state index contributed by atoms with van der Waals surface area (Å²) in [6.45, 7) is 3.92. The molecule has 0 saturated carbocycles. The highest BCUT2D eigenvalue weighted by Crippen LogP contribution is 2.31. The number of aryl methyl sites for hydroxylation is 1. The first-order valence-corrected chi connectivity index (χ1v) is 8.51. The minimum absolute atomic E-state index is 0.0570. The van der Waals surface area contributed by atoms with Crippen LogP contribution in [0, 0.1) is 0 Å². The molecule has 0 heterocycles. The van der Waals surface area contributed by atoms with Crippen molar-refractivity contribution in [3.05, 3.63) is 70.2 Å². The van der Waals surface area contributed by atoms with Gasteiger partial charge in [-0.2, -0.15) is 0 Å². The molecule has 0 radical (unpaired) electrons. The third kappa shape index (κ3) is 3.28. The Hall–Kier alpha value is -1.80. The van der Waals surface area contributed by atoms with E-state index < -0.39 is 5.41 Å². The van der Waals surface area contributed by atoms with Crippen molar-refractivity contribution in [1.82, 2.24) is 5.32 Å². The zero-order valence-corrected chi connectivity index (χ0v) is 14.4. The van der Waals surface area contributed by atoms with Crippen LogP contribution in [-0.2, 0) is 16.6 Å². The third-order valence-corrected chi connectivity index (χ3v) is 5.06. The van der Waals surface area contributed by atoms with Gasteiger partial charge in [0.25, 0.3) is 0 Å². The van der Waals surface area contributed by atoms with Crippen LogP contribution in [0.3, 0.4) is 0 Å². The SMILES string of the molecule is CC(C)(C(=O)N[C@@H]1CCCc2ccccc21)c1ccc(Cl)cc1. The Morgan fingerprint density at radius 2 is 1.83 bits per heavy atom. The Labute approximate surface area is 142 Å². The van der Waals surface area contributed by atoms with Gasteiger partial charge in [-0.15, -0.1) is 0 Å². The fourth-order valence-corrected chi connectivity index (χ4v) is 3.37. The van der Waals surface area contributed by atoms with E-state index in [4.69, 9.17) is 11.6 Å². The second-order valence-corrected chi connectivity index (χ2v) is 7.19. The molecule has 0 aliphatic heterocycles. The van der Waals surface area contributed by atoms with Crippen LogP contribution in [0.4, 0.5) is 0 Å². The quantitative estimate of drug-likeness (QED) is 0.861. The standard InChI is InChI=1S/C20H22ClNO/c1-20(2,15-10-12-16(21)13-11-15)19(23)22-18-9-5-7-14-6-3-4-8-17(14)18/h3-4,6,8,10-13,18H,5,7,9H2,1-2H3,(H,22,23)/t18-/m1/s1. The maximum atomic E-state index is 12.9. The molecule has 0 aromatic heterocycles. The number of rotatable bonds is 3. The maximum absolute atomic E-state index is 12.9. The lowest BCUT2D eigenvalue weighted by Crippen LogP contribution is -2.42. The number of benzene rings is 2. The Morgan fingerprint density at radius 3 is 2.57 bits per heavy atom. The van der Waals surface area contributed by atoms with E-state index in [1.54, 1.807) is 0 Å². The molecule has 1 aliphatic carbocycles. The fraction of sp³-hybridized carbons (Fsp3) is 0.350. The minimum Gasteiger partial charge on any atom is -0.349 e. The van der Waals surface area contributed by atoms with Crippen molar-refractivity contribution in [3.63, 3.8) is 0 Å². The lowest BCUT2D eigenvalue weighted by Gasteiger charge is -2.31. The minimum atomic E-state index is -0.586. The molecule has 1 amide bonds. The van der Waals surface area contributed by atoms with E-state index in [9.17, 15) is 4.79 Å². The van der Waals surface area contributed by atoms with E-state index in [2.05, 4.69) is 23.5 Å². The van der Waals surface area contributed by atoms with E-state index in [1.165, 1.54) is 11.1 Å². The predicted molar refractivity (Wildman–Crippen MR) is 94.7 cm³/mol. The van der Waals surface area contributed by atoms with Gasteiger partial charge >= 0.3 is 0 Å². The Kier molecular flexibility index (Phi) is 4.45. The largest absolute Gasteiger partial charge is 0.349 e. The summed E-state index contributed by atoms with van der Waals surface area (Å²) >= 11 is 5.95. The predicted octanol–water partition coefficient (Wildman–Crippen LogP) is 4.81. The van der Waals surface area contributed by atoms with Gasteiger partial charge in [0.15, 0.2) is 0 Å². The molecule has 0 saturated heterocycles. The van der Waals surface area contributed by atoms with E-state index in [-0.39, 0.29) is 11.9 Å². The molecule has 0 bridgehead atoms. The van der Waals surface area contributed by atoms with Gasteiger partial charge in [-0.3, -0.25) is 4.79 Å². The van der Waals surface area contributed by atoms with E-state index in [1.807, 2.05) is 44.2 Å². The zero-order valence-electron chi connectivity index (χ0n) is 13.6. The highest BCUT2D eigenvalue weighted by atomic mass is 35.5. The lowest BCUT2D eigenvalue weighted by atomic mass is 9.82. The summed E-state index contributed by atoms with van der Waals surface area (Å²) in [5, 5.41) is 3.94. The average Bonchev–Trinajstić information content (AvgIpc) is 2.55. The molecule has 0 unspecified atom stereocenters. The van der Waals surface area contributed by atoms with Crippen LogP contribution in [0.15, 0.2) is 48.5 Å². The van der Waals surface area contributed by atoms with Crippen LogP contribution in [-0.4, -0.2) is 5.91 Å². The molecular weight excluding hydrogens is 306 g/mol. The average molecular weight is 328 g/mol. The molecule has 2 aromatic rings. The molecule has 2 aromatic carbocycles. The van der Waals surface area contributed by atoms with Crippen LogP contribution < -0.4 is 5.32 Å². The summed E-state index contributed by atoms with van der Waals surface area (Å²) in [6, 6.07) is 16.1. The second-order valence-electron chi connectivity index (χ2n) is 6.75. The molecular formula is C20H22ClNO. The van der Waals surface area contributed by atoms with Crippen molar-refractivity contribution in [1.29, 1.82) is 0 Å². The van der Waals surface area contributed by atoms with Crippen LogP contribution in [0.25, 0.3) is 0 Å². The van der Waals surface area contributed by atoms with Gasteiger partial charge in [-0.25, -0.2) is 0 Å². The topological polar surface area (TPSA) is 29.1 Å². The summed E-state index contributed by atoms with van der Waals surface area (Å²) in [5.74, 6) is 0.0570.